The molecule has 84 valence electrons. The molecule has 0 aliphatic rings. The topological polar surface area (TPSA) is 53.1 Å². The molecule has 1 heterocycles. The molecule has 2 aromatic rings. The van der Waals surface area contributed by atoms with Crippen molar-refractivity contribution in [3.63, 3.8) is 0 Å². The third-order valence-electron chi connectivity index (χ3n) is 2.59. The molecule has 1 aromatic carbocycles. The number of carboxylic acids is 1. The minimum atomic E-state index is -0.736. The number of halogens is 1. The minimum Gasteiger partial charge on any atom is -0.481 e. The number of carboxylic acid groups (broad SMARTS) is 1. The molecule has 0 bridgehead atoms. The van der Waals surface area contributed by atoms with Gasteiger partial charge in [-0.05, 0) is 34.3 Å². The van der Waals surface area contributed by atoms with Crippen LogP contribution in [0.15, 0.2) is 28.9 Å². The van der Waals surface area contributed by atoms with E-state index in [4.69, 9.17) is 5.11 Å². The Bertz CT molecular complexity index is 519. The van der Waals surface area contributed by atoms with Gasteiger partial charge >= 0.3 is 5.97 Å². The van der Waals surface area contributed by atoms with Crippen LogP contribution in [0.1, 0.15) is 18.4 Å². The van der Waals surface area contributed by atoms with Crippen molar-refractivity contribution in [2.75, 3.05) is 0 Å². The first kappa shape index (κ1) is 11.2. The van der Waals surface area contributed by atoms with Crippen LogP contribution in [-0.4, -0.2) is 16.1 Å². The number of nitrogens with one attached hydrogen (secondary N) is 1. The molecule has 3 nitrogen and oxygen atoms in total. The Balaban J connectivity index is 2.20. The molecule has 0 aliphatic heterocycles. The minimum absolute atomic E-state index is 0.221. The summed E-state index contributed by atoms with van der Waals surface area (Å²) < 4.78 is 1.04. The molecule has 2 N–H and O–H groups in total. The standard InChI is InChI=1S/C12H12BrNO2/c13-10-7-14-12-8(3-1-5-9(10)12)4-2-6-11(15)16/h1,3,5,7,14H,2,4,6H2,(H,15,16). The highest BCUT2D eigenvalue weighted by Gasteiger charge is 2.06. The molecule has 16 heavy (non-hydrogen) atoms. The van der Waals surface area contributed by atoms with Crippen molar-refractivity contribution < 1.29 is 9.90 Å². The maximum atomic E-state index is 10.4. The van der Waals surface area contributed by atoms with E-state index < -0.39 is 5.97 Å². The SMILES string of the molecule is O=C(O)CCCc1cccc2c(Br)c[nH]c12. The van der Waals surface area contributed by atoms with Crippen molar-refractivity contribution in [3.05, 3.63) is 34.4 Å². The van der Waals surface area contributed by atoms with Crippen LogP contribution in [-0.2, 0) is 11.2 Å². The largest absolute Gasteiger partial charge is 0.481 e. The van der Waals surface area contributed by atoms with E-state index in [0.29, 0.717) is 6.42 Å². The van der Waals surface area contributed by atoms with Crippen molar-refractivity contribution in [1.82, 2.24) is 4.98 Å². The summed E-state index contributed by atoms with van der Waals surface area (Å²) in [6.45, 7) is 0. The van der Waals surface area contributed by atoms with Crippen LogP contribution >= 0.6 is 15.9 Å². The Labute approximate surface area is 102 Å². The van der Waals surface area contributed by atoms with Gasteiger partial charge in [-0.2, -0.15) is 0 Å². The molecule has 0 radical (unpaired) electrons. The van der Waals surface area contributed by atoms with E-state index in [0.717, 1.165) is 21.8 Å². The number of aliphatic carboxylic acids is 1. The predicted molar refractivity (Wildman–Crippen MR) is 66.6 cm³/mol. The number of rotatable bonds is 4. The fraction of sp³-hybridized carbons (Fsp3) is 0.250. The fourth-order valence-electron chi connectivity index (χ4n) is 1.82. The number of aromatic nitrogens is 1. The highest BCUT2D eigenvalue weighted by Crippen LogP contribution is 2.26. The van der Waals surface area contributed by atoms with Gasteiger partial charge in [0.15, 0.2) is 0 Å². The zero-order valence-corrected chi connectivity index (χ0v) is 10.3. The Morgan fingerprint density at radius 2 is 2.25 bits per heavy atom. The Kier molecular flexibility index (Phi) is 3.29. The van der Waals surface area contributed by atoms with Gasteiger partial charge in [0.2, 0.25) is 0 Å². The van der Waals surface area contributed by atoms with Crippen molar-refractivity contribution in [2.45, 2.75) is 19.3 Å². The molecule has 0 saturated carbocycles. The molecule has 0 fully saturated rings. The van der Waals surface area contributed by atoms with Crippen molar-refractivity contribution in [2.24, 2.45) is 0 Å². The number of hydrogen-bond donors (Lipinski definition) is 2. The average Bonchev–Trinajstić information content (AvgIpc) is 2.61. The van der Waals surface area contributed by atoms with Gasteiger partial charge in [-0.1, -0.05) is 18.2 Å². The second-order valence-electron chi connectivity index (χ2n) is 3.72. The van der Waals surface area contributed by atoms with Gasteiger partial charge in [0.1, 0.15) is 0 Å². The molecule has 4 heteroatoms. The molecular formula is C12H12BrNO2. The lowest BCUT2D eigenvalue weighted by molar-refractivity contribution is -0.137. The molecule has 0 saturated heterocycles. The third kappa shape index (κ3) is 2.27. The molecule has 0 atom stereocenters. The maximum absolute atomic E-state index is 10.4. The zero-order valence-electron chi connectivity index (χ0n) is 8.66. The number of H-pyrrole nitrogens is 1. The van der Waals surface area contributed by atoms with E-state index in [1.54, 1.807) is 0 Å². The quantitative estimate of drug-likeness (QED) is 0.903. The Hall–Kier alpha value is -1.29. The third-order valence-corrected chi connectivity index (χ3v) is 3.24. The second-order valence-corrected chi connectivity index (χ2v) is 4.58. The van der Waals surface area contributed by atoms with E-state index in [1.165, 1.54) is 5.56 Å². The van der Waals surface area contributed by atoms with E-state index in [2.05, 4.69) is 20.9 Å². The first-order valence-electron chi connectivity index (χ1n) is 5.15. The summed E-state index contributed by atoms with van der Waals surface area (Å²) in [6.07, 6.45) is 3.59. The van der Waals surface area contributed by atoms with Gasteiger partial charge in [-0.25, -0.2) is 0 Å². The van der Waals surface area contributed by atoms with Crippen LogP contribution in [0.2, 0.25) is 0 Å². The first-order valence-corrected chi connectivity index (χ1v) is 5.94. The van der Waals surface area contributed by atoms with Gasteiger partial charge < -0.3 is 10.1 Å². The molecule has 0 aliphatic carbocycles. The van der Waals surface area contributed by atoms with Crippen LogP contribution in [0.4, 0.5) is 0 Å². The lowest BCUT2D eigenvalue weighted by atomic mass is 10.1. The first-order chi connectivity index (χ1) is 7.68. The molecule has 0 unspecified atom stereocenters. The van der Waals surface area contributed by atoms with E-state index >= 15 is 0 Å². The molecule has 0 spiro atoms. The molecular weight excluding hydrogens is 270 g/mol. The number of benzene rings is 1. The average molecular weight is 282 g/mol. The van der Waals surface area contributed by atoms with Crippen LogP contribution in [0, 0.1) is 0 Å². The Morgan fingerprint density at radius 1 is 1.44 bits per heavy atom. The van der Waals surface area contributed by atoms with Gasteiger partial charge in [0.05, 0.1) is 0 Å². The normalized spacial score (nSPS) is 10.8. The van der Waals surface area contributed by atoms with Crippen LogP contribution < -0.4 is 0 Å². The summed E-state index contributed by atoms with van der Waals surface area (Å²) in [5, 5.41) is 9.74. The van der Waals surface area contributed by atoms with Gasteiger partial charge in [-0.3, -0.25) is 4.79 Å². The molecule has 2 rings (SSSR count). The van der Waals surface area contributed by atoms with Crippen LogP contribution in [0.25, 0.3) is 10.9 Å². The second kappa shape index (κ2) is 4.70. The van der Waals surface area contributed by atoms with E-state index in [1.807, 2.05) is 24.4 Å². The van der Waals surface area contributed by atoms with Crippen molar-refractivity contribution >= 4 is 32.8 Å². The smallest absolute Gasteiger partial charge is 0.303 e. The predicted octanol–water partition coefficient (Wildman–Crippen LogP) is 3.34. The van der Waals surface area contributed by atoms with Gasteiger partial charge in [0, 0.05) is 28.0 Å². The van der Waals surface area contributed by atoms with E-state index in [9.17, 15) is 4.79 Å². The van der Waals surface area contributed by atoms with E-state index in [-0.39, 0.29) is 6.42 Å². The summed E-state index contributed by atoms with van der Waals surface area (Å²) in [5.74, 6) is -0.736. The molecule has 0 amide bonds. The number of para-hydroxylation sites is 1. The summed E-state index contributed by atoms with van der Waals surface area (Å²) in [5.41, 5.74) is 2.27. The number of hydrogen-bond acceptors (Lipinski definition) is 1. The number of carbonyl (C=O) groups is 1. The summed E-state index contributed by atoms with van der Waals surface area (Å²) in [6, 6.07) is 6.07. The highest BCUT2D eigenvalue weighted by molar-refractivity contribution is 9.10. The zero-order chi connectivity index (χ0) is 11.5. The van der Waals surface area contributed by atoms with Crippen LogP contribution in [0.5, 0.6) is 0 Å². The lowest BCUT2D eigenvalue weighted by Crippen LogP contribution is -1.96. The summed E-state index contributed by atoms with van der Waals surface area (Å²) in [4.78, 5) is 13.6. The maximum Gasteiger partial charge on any atom is 0.303 e. The number of aromatic amines is 1. The van der Waals surface area contributed by atoms with Gasteiger partial charge in [0.25, 0.3) is 0 Å². The summed E-state index contributed by atoms with van der Waals surface area (Å²) >= 11 is 3.47. The Morgan fingerprint density at radius 3 is 3.00 bits per heavy atom. The van der Waals surface area contributed by atoms with Crippen molar-refractivity contribution in [1.29, 1.82) is 0 Å². The van der Waals surface area contributed by atoms with Crippen molar-refractivity contribution in [3.8, 4) is 0 Å². The lowest BCUT2D eigenvalue weighted by Gasteiger charge is -2.02. The van der Waals surface area contributed by atoms with Crippen LogP contribution in [0.3, 0.4) is 0 Å². The summed E-state index contributed by atoms with van der Waals surface area (Å²) in [7, 11) is 0. The monoisotopic (exact) mass is 281 g/mol. The number of fused-ring (bicyclic) bond motifs is 1. The molecule has 1 aromatic heterocycles. The van der Waals surface area contributed by atoms with Gasteiger partial charge in [-0.15, -0.1) is 0 Å². The fourth-order valence-corrected chi connectivity index (χ4v) is 2.27. The highest BCUT2D eigenvalue weighted by atomic mass is 79.9. The number of aryl methyl sites for hydroxylation is 1.